The molecule has 1 aliphatic heterocycles. The molecule has 0 saturated carbocycles. The number of anilines is 1. The molecule has 1 atom stereocenters. The first-order chi connectivity index (χ1) is 9.85. The van der Waals surface area contributed by atoms with Gasteiger partial charge in [-0.25, -0.2) is 9.97 Å². The zero-order chi connectivity index (χ0) is 15.8. The van der Waals surface area contributed by atoms with Crippen LogP contribution in [0.4, 0.5) is 5.82 Å². The van der Waals surface area contributed by atoms with Crippen molar-refractivity contribution in [2.24, 2.45) is 0 Å². The molecule has 3 N–H and O–H groups in total. The number of carbonyl (C=O) groups excluding carboxylic acids is 1. The van der Waals surface area contributed by atoms with Crippen molar-refractivity contribution in [2.75, 3.05) is 5.32 Å². The average Bonchev–Trinajstić information content (AvgIpc) is 2.40. The van der Waals surface area contributed by atoms with Crippen LogP contribution < -0.4 is 10.6 Å². The number of fused-ring (bicyclic) bond motifs is 2. The highest BCUT2D eigenvalue weighted by Crippen LogP contribution is 2.24. The fourth-order valence-corrected chi connectivity index (χ4v) is 2.10. The zero-order valence-corrected chi connectivity index (χ0v) is 12.9. The number of amides is 1. The molecule has 0 saturated heterocycles. The summed E-state index contributed by atoms with van der Waals surface area (Å²) in [7, 11) is 0. The van der Waals surface area contributed by atoms with Gasteiger partial charge < -0.3 is 15.7 Å². The maximum atomic E-state index is 11.9. The van der Waals surface area contributed by atoms with Crippen molar-refractivity contribution in [1.82, 2.24) is 15.3 Å². The van der Waals surface area contributed by atoms with Crippen molar-refractivity contribution in [3.63, 3.8) is 0 Å². The molecule has 1 amide bonds. The molecular formula is C15H20N4O2. The molecule has 0 fully saturated rings. The van der Waals surface area contributed by atoms with Crippen LogP contribution in [0.2, 0.25) is 0 Å². The van der Waals surface area contributed by atoms with E-state index in [1.54, 1.807) is 0 Å². The number of aliphatic hydroxyl groups is 1. The van der Waals surface area contributed by atoms with Crippen LogP contribution in [0.1, 0.15) is 42.4 Å². The van der Waals surface area contributed by atoms with Crippen LogP contribution in [-0.2, 0) is 0 Å². The standard InChI is InChI=1S/C13H14N4O2.C2H6/c1-6-4-8-9(5-7(6)2)15-11-10(14-8)12(18)17-13(3,19)16-11;1-2/h4-5,19H,1-3H3,(H,15,16)(H,17,18);1-2H3. The van der Waals surface area contributed by atoms with Gasteiger partial charge in [-0.3, -0.25) is 4.79 Å². The predicted octanol–water partition coefficient (Wildman–Crippen LogP) is 2.09. The maximum Gasteiger partial charge on any atom is 0.277 e. The first kappa shape index (κ1) is 15.2. The molecule has 1 aromatic carbocycles. The number of carbonyl (C=O) groups is 1. The summed E-state index contributed by atoms with van der Waals surface area (Å²) >= 11 is 0. The van der Waals surface area contributed by atoms with Crippen molar-refractivity contribution < 1.29 is 9.90 Å². The fraction of sp³-hybridized carbons (Fsp3) is 0.400. The second-order valence-electron chi connectivity index (χ2n) is 5.00. The van der Waals surface area contributed by atoms with Crippen molar-refractivity contribution in [3.8, 4) is 0 Å². The van der Waals surface area contributed by atoms with Crippen LogP contribution in [0.5, 0.6) is 0 Å². The van der Waals surface area contributed by atoms with Crippen LogP contribution in [-0.4, -0.2) is 26.8 Å². The van der Waals surface area contributed by atoms with Gasteiger partial charge in [0.25, 0.3) is 5.91 Å². The summed E-state index contributed by atoms with van der Waals surface area (Å²) in [5.41, 5.74) is 3.76. The van der Waals surface area contributed by atoms with Gasteiger partial charge in [0.2, 0.25) is 5.85 Å². The zero-order valence-electron chi connectivity index (χ0n) is 12.9. The van der Waals surface area contributed by atoms with E-state index in [-0.39, 0.29) is 5.69 Å². The van der Waals surface area contributed by atoms with E-state index >= 15 is 0 Å². The molecule has 0 radical (unpaired) electrons. The van der Waals surface area contributed by atoms with Gasteiger partial charge in [0.1, 0.15) is 0 Å². The minimum absolute atomic E-state index is 0.197. The smallest absolute Gasteiger partial charge is 0.277 e. The lowest BCUT2D eigenvalue weighted by Gasteiger charge is -2.31. The number of nitrogens with one attached hydrogen (secondary N) is 2. The van der Waals surface area contributed by atoms with Gasteiger partial charge in [-0.15, -0.1) is 0 Å². The van der Waals surface area contributed by atoms with Gasteiger partial charge in [0, 0.05) is 6.92 Å². The van der Waals surface area contributed by atoms with Gasteiger partial charge >= 0.3 is 0 Å². The van der Waals surface area contributed by atoms with Gasteiger partial charge in [0.15, 0.2) is 11.5 Å². The van der Waals surface area contributed by atoms with E-state index in [0.29, 0.717) is 16.9 Å². The van der Waals surface area contributed by atoms with Crippen molar-refractivity contribution in [1.29, 1.82) is 0 Å². The summed E-state index contributed by atoms with van der Waals surface area (Å²) in [6.45, 7) is 9.42. The topological polar surface area (TPSA) is 87.1 Å². The molecule has 2 aromatic rings. The highest BCUT2D eigenvalue weighted by atomic mass is 16.3. The van der Waals surface area contributed by atoms with E-state index in [0.717, 1.165) is 11.1 Å². The summed E-state index contributed by atoms with van der Waals surface area (Å²) in [6, 6.07) is 3.82. The lowest BCUT2D eigenvalue weighted by atomic mass is 10.1. The van der Waals surface area contributed by atoms with E-state index in [2.05, 4.69) is 20.6 Å². The monoisotopic (exact) mass is 288 g/mol. The molecule has 3 rings (SSSR count). The van der Waals surface area contributed by atoms with Crippen molar-refractivity contribution >= 4 is 22.8 Å². The first-order valence-corrected chi connectivity index (χ1v) is 6.98. The molecule has 0 spiro atoms. The molecule has 21 heavy (non-hydrogen) atoms. The molecule has 6 nitrogen and oxygen atoms in total. The van der Waals surface area contributed by atoms with Crippen LogP contribution in [0.15, 0.2) is 12.1 Å². The first-order valence-electron chi connectivity index (χ1n) is 6.98. The largest absolute Gasteiger partial charge is 0.354 e. The van der Waals surface area contributed by atoms with Gasteiger partial charge in [-0.2, -0.15) is 0 Å². The Hall–Kier alpha value is -2.21. The fourth-order valence-electron chi connectivity index (χ4n) is 2.10. The van der Waals surface area contributed by atoms with Gasteiger partial charge in [-0.05, 0) is 37.1 Å². The van der Waals surface area contributed by atoms with E-state index in [1.165, 1.54) is 6.92 Å². The average molecular weight is 288 g/mol. The highest BCUT2D eigenvalue weighted by Gasteiger charge is 2.33. The molecule has 0 aliphatic carbocycles. The number of rotatable bonds is 0. The Kier molecular flexibility index (Phi) is 3.82. The quantitative estimate of drug-likeness (QED) is 0.691. The molecule has 6 heteroatoms. The highest BCUT2D eigenvalue weighted by molar-refractivity contribution is 6.01. The van der Waals surface area contributed by atoms with E-state index < -0.39 is 11.8 Å². The van der Waals surface area contributed by atoms with E-state index in [1.807, 2.05) is 39.8 Å². The number of hydrogen-bond acceptors (Lipinski definition) is 5. The summed E-state index contributed by atoms with van der Waals surface area (Å²) in [5.74, 6) is -1.65. The number of benzene rings is 1. The molecule has 1 aromatic heterocycles. The Labute approximate surface area is 123 Å². The Morgan fingerprint density at radius 2 is 1.57 bits per heavy atom. The summed E-state index contributed by atoms with van der Waals surface area (Å²) < 4.78 is 0. The molecule has 1 unspecified atom stereocenters. The van der Waals surface area contributed by atoms with Crippen molar-refractivity contribution in [2.45, 2.75) is 40.5 Å². The molecule has 0 bridgehead atoms. The number of nitrogens with zero attached hydrogens (tertiary/aromatic N) is 2. The third-order valence-electron chi connectivity index (χ3n) is 3.21. The number of aryl methyl sites for hydroxylation is 2. The second kappa shape index (κ2) is 5.29. The van der Waals surface area contributed by atoms with E-state index in [4.69, 9.17) is 0 Å². The Bertz CT molecular complexity index is 710. The van der Waals surface area contributed by atoms with E-state index in [9.17, 15) is 9.90 Å². The Balaban J connectivity index is 0.000000774. The van der Waals surface area contributed by atoms with Crippen molar-refractivity contribution in [3.05, 3.63) is 29.0 Å². The second-order valence-corrected chi connectivity index (χ2v) is 5.00. The molecule has 1 aliphatic rings. The lowest BCUT2D eigenvalue weighted by Crippen LogP contribution is -2.55. The molecule has 2 heterocycles. The molecular weight excluding hydrogens is 268 g/mol. The summed E-state index contributed by atoms with van der Waals surface area (Å²) in [6.07, 6.45) is 0. The minimum Gasteiger partial charge on any atom is -0.354 e. The third kappa shape index (κ3) is 2.80. The third-order valence-corrected chi connectivity index (χ3v) is 3.21. The lowest BCUT2D eigenvalue weighted by molar-refractivity contribution is 0.0398. The number of hydrogen-bond donors (Lipinski definition) is 3. The SMILES string of the molecule is CC.Cc1cc2nc3c(nc2cc1C)C(=O)NC(C)(O)N3. The Morgan fingerprint density at radius 3 is 2.14 bits per heavy atom. The summed E-state index contributed by atoms with van der Waals surface area (Å²) in [5, 5.41) is 15.0. The van der Waals surface area contributed by atoms with Crippen LogP contribution in [0.25, 0.3) is 11.0 Å². The van der Waals surface area contributed by atoms with Crippen LogP contribution in [0.3, 0.4) is 0 Å². The maximum absolute atomic E-state index is 11.9. The van der Waals surface area contributed by atoms with Crippen LogP contribution in [0, 0.1) is 13.8 Å². The summed E-state index contributed by atoms with van der Waals surface area (Å²) in [4.78, 5) is 20.6. The minimum atomic E-state index is -1.51. The van der Waals surface area contributed by atoms with Gasteiger partial charge in [-0.1, -0.05) is 13.8 Å². The molecule has 112 valence electrons. The van der Waals surface area contributed by atoms with Gasteiger partial charge in [0.05, 0.1) is 11.0 Å². The normalized spacial score (nSPS) is 20.0. The number of aromatic nitrogens is 2. The van der Waals surface area contributed by atoms with Crippen LogP contribution >= 0.6 is 0 Å². The Morgan fingerprint density at radius 1 is 1.05 bits per heavy atom. The predicted molar refractivity (Wildman–Crippen MR) is 82.1 cm³/mol.